The molecule has 0 atom stereocenters. The third-order valence-corrected chi connectivity index (χ3v) is 2.93. The number of oxime groups is 1. The predicted molar refractivity (Wildman–Crippen MR) is 76.1 cm³/mol. The number of amidine groups is 1. The van der Waals surface area contributed by atoms with Crippen molar-refractivity contribution in [3.05, 3.63) is 47.3 Å². The molecule has 1 heterocycles. The van der Waals surface area contributed by atoms with Crippen molar-refractivity contribution < 1.29 is 9.94 Å². The Morgan fingerprint density at radius 3 is 2.60 bits per heavy atom. The van der Waals surface area contributed by atoms with Gasteiger partial charge in [0.05, 0.1) is 12.2 Å². The predicted octanol–water partition coefficient (Wildman–Crippen LogP) is 1.67. The number of hydrogen-bond acceptors (Lipinski definition) is 4. The molecule has 6 heteroatoms. The zero-order valence-electron chi connectivity index (χ0n) is 11.6. The van der Waals surface area contributed by atoms with E-state index in [1.807, 2.05) is 24.6 Å². The van der Waals surface area contributed by atoms with Gasteiger partial charge in [-0.2, -0.15) is 5.10 Å². The zero-order valence-corrected chi connectivity index (χ0v) is 11.6. The van der Waals surface area contributed by atoms with Crippen LogP contribution < -0.4 is 10.5 Å². The first-order valence-corrected chi connectivity index (χ1v) is 6.32. The van der Waals surface area contributed by atoms with Gasteiger partial charge < -0.3 is 15.7 Å². The number of nitrogens with zero attached hydrogens (tertiary/aromatic N) is 3. The molecule has 0 amide bonds. The van der Waals surface area contributed by atoms with Crippen molar-refractivity contribution in [3.63, 3.8) is 0 Å². The Morgan fingerprint density at radius 2 is 2.05 bits per heavy atom. The van der Waals surface area contributed by atoms with E-state index in [9.17, 15) is 0 Å². The molecule has 3 N–H and O–H groups in total. The average molecular weight is 274 g/mol. The lowest BCUT2D eigenvalue weighted by atomic mass is 10.2. The molecule has 2 rings (SSSR count). The summed E-state index contributed by atoms with van der Waals surface area (Å²) in [5.41, 5.74) is 8.26. The molecule has 0 saturated carbocycles. The van der Waals surface area contributed by atoms with Gasteiger partial charge in [-0.05, 0) is 44.2 Å². The smallest absolute Gasteiger partial charge is 0.170 e. The molecule has 0 bridgehead atoms. The van der Waals surface area contributed by atoms with Gasteiger partial charge in [-0.25, -0.2) is 0 Å². The lowest BCUT2D eigenvalue weighted by Gasteiger charge is -2.08. The van der Waals surface area contributed by atoms with E-state index in [4.69, 9.17) is 15.7 Å². The molecule has 20 heavy (non-hydrogen) atoms. The highest BCUT2D eigenvalue weighted by atomic mass is 16.5. The third kappa shape index (κ3) is 3.28. The molecule has 0 unspecified atom stereocenters. The number of aryl methyl sites for hydroxylation is 2. The van der Waals surface area contributed by atoms with Crippen molar-refractivity contribution in [1.82, 2.24) is 9.78 Å². The second-order valence-electron chi connectivity index (χ2n) is 4.51. The summed E-state index contributed by atoms with van der Waals surface area (Å²) in [6, 6.07) is 9.09. The molecule has 106 valence electrons. The van der Waals surface area contributed by atoms with Crippen LogP contribution in [-0.4, -0.2) is 27.4 Å². The molecule has 2 aromatic rings. The summed E-state index contributed by atoms with van der Waals surface area (Å²) in [6.45, 7) is 5.22. The number of hydrogen-bond donors (Lipinski definition) is 2. The first-order valence-electron chi connectivity index (χ1n) is 6.32. The molecule has 6 nitrogen and oxygen atoms in total. The molecular weight excluding hydrogens is 256 g/mol. The fourth-order valence-electron chi connectivity index (χ4n) is 1.93. The molecule has 0 aliphatic rings. The minimum Gasteiger partial charge on any atom is -0.492 e. The quantitative estimate of drug-likeness (QED) is 0.376. The van der Waals surface area contributed by atoms with Crippen LogP contribution in [0.15, 0.2) is 35.5 Å². The topological polar surface area (TPSA) is 85.7 Å². The summed E-state index contributed by atoms with van der Waals surface area (Å²) < 4.78 is 7.56. The third-order valence-electron chi connectivity index (χ3n) is 2.93. The molecule has 1 aromatic heterocycles. The van der Waals surface area contributed by atoms with E-state index in [1.165, 1.54) is 0 Å². The maximum atomic E-state index is 8.57. The molecular formula is C14H18N4O2. The minimum absolute atomic E-state index is 0.0826. The number of ether oxygens (including phenoxy) is 1. The van der Waals surface area contributed by atoms with Crippen LogP contribution in [0.2, 0.25) is 0 Å². The second-order valence-corrected chi connectivity index (χ2v) is 4.51. The van der Waals surface area contributed by atoms with Gasteiger partial charge >= 0.3 is 0 Å². The number of nitrogens with two attached hydrogens (primary N) is 1. The van der Waals surface area contributed by atoms with Gasteiger partial charge in [-0.15, -0.1) is 0 Å². The van der Waals surface area contributed by atoms with Gasteiger partial charge in [0.2, 0.25) is 0 Å². The highest BCUT2D eigenvalue weighted by Crippen LogP contribution is 2.12. The Balaban J connectivity index is 1.90. The Kier molecular flexibility index (Phi) is 4.24. The van der Waals surface area contributed by atoms with Crippen molar-refractivity contribution >= 4 is 5.84 Å². The zero-order chi connectivity index (χ0) is 14.5. The second kappa shape index (κ2) is 6.10. The van der Waals surface area contributed by atoms with E-state index < -0.39 is 0 Å². The Bertz CT molecular complexity index is 602. The van der Waals surface area contributed by atoms with Crippen molar-refractivity contribution in [2.45, 2.75) is 20.4 Å². The summed E-state index contributed by atoms with van der Waals surface area (Å²) >= 11 is 0. The molecule has 0 fully saturated rings. The van der Waals surface area contributed by atoms with Crippen molar-refractivity contribution in [1.29, 1.82) is 0 Å². The lowest BCUT2D eigenvalue weighted by Crippen LogP contribution is -2.13. The fourth-order valence-corrected chi connectivity index (χ4v) is 1.93. The van der Waals surface area contributed by atoms with Crippen LogP contribution >= 0.6 is 0 Å². The normalized spacial score (nSPS) is 11.6. The average Bonchev–Trinajstić information content (AvgIpc) is 2.77. The maximum absolute atomic E-state index is 8.57. The van der Waals surface area contributed by atoms with Crippen molar-refractivity contribution in [3.8, 4) is 5.75 Å². The first-order chi connectivity index (χ1) is 9.60. The summed E-state index contributed by atoms with van der Waals surface area (Å²) in [4.78, 5) is 0. The SMILES string of the molecule is Cc1cc(C)n(CCOc2ccc(/C(N)=N/O)cc2)n1. The van der Waals surface area contributed by atoms with Crippen LogP contribution in [-0.2, 0) is 6.54 Å². The van der Waals surface area contributed by atoms with Crippen LogP contribution in [0.3, 0.4) is 0 Å². The van der Waals surface area contributed by atoms with E-state index in [0.717, 1.165) is 17.1 Å². The van der Waals surface area contributed by atoms with Crippen molar-refractivity contribution in [2.75, 3.05) is 6.61 Å². The van der Waals surface area contributed by atoms with Gasteiger partial charge in [0, 0.05) is 11.3 Å². The van der Waals surface area contributed by atoms with E-state index in [-0.39, 0.29) is 5.84 Å². The molecule has 0 spiro atoms. The van der Waals surface area contributed by atoms with E-state index in [0.29, 0.717) is 18.7 Å². The number of rotatable bonds is 5. The number of benzene rings is 1. The largest absolute Gasteiger partial charge is 0.492 e. The standard InChI is InChI=1S/C14H18N4O2/c1-10-9-11(2)18(16-10)7-8-20-13-5-3-12(4-6-13)14(15)17-19/h3-6,9,19H,7-8H2,1-2H3,(H2,15,17). The summed E-state index contributed by atoms with van der Waals surface area (Å²) in [6.07, 6.45) is 0. The fraction of sp³-hybridized carbons (Fsp3) is 0.286. The first kappa shape index (κ1) is 13.9. The van der Waals surface area contributed by atoms with Crippen LogP contribution in [0.25, 0.3) is 0 Å². The number of aromatic nitrogens is 2. The lowest BCUT2D eigenvalue weighted by molar-refractivity contribution is 0.289. The van der Waals surface area contributed by atoms with E-state index in [2.05, 4.69) is 10.3 Å². The maximum Gasteiger partial charge on any atom is 0.170 e. The monoisotopic (exact) mass is 274 g/mol. The van der Waals surface area contributed by atoms with Gasteiger partial charge in [0.15, 0.2) is 5.84 Å². The molecule has 1 aromatic carbocycles. The van der Waals surface area contributed by atoms with Gasteiger partial charge in [0.25, 0.3) is 0 Å². The van der Waals surface area contributed by atoms with Crippen molar-refractivity contribution in [2.24, 2.45) is 10.9 Å². The summed E-state index contributed by atoms with van der Waals surface area (Å²) in [7, 11) is 0. The minimum atomic E-state index is 0.0826. The highest BCUT2D eigenvalue weighted by Gasteiger charge is 2.02. The Morgan fingerprint density at radius 1 is 1.35 bits per heavy atom. The Labute approximate surface area is 117 Å². The van der Waals surface area contributed by atoms with Gasteiger partial charge in [-0.1, -0.05) is 5.16 Å². The van der Waals surface area contributed by atoms with E-state index >= 15 is 0 Å². The molecule has 0 radical (unpaired) electrons. The Hall–Kier alpha value is -2.50. The molecule has 0 aliphatic heterocycles. The van der Waals surface area contributed by atoms with Gasteiger partial charge in [-0.3, -0.25) is 4.68 Å². The van der Waals surface area contributed by atoms with Crippen LogP contribution in [0.4, 0.5) is 0 Å². The van der Waals surface area contributed by atoms with Gasteiger partial charge in [0.1, 0.15) is 12.4 Å². The van der Waals surface area contributed by atoms with Crippen LogP contribution in [0.5, 0.6) is 5.75 Å². The van der Waals surface area contributed by atoms with Crippen LogP contribution in [0, 0.1) is 13.8 Å². The summed E-state index contributed by atoms with van der Waals surface area (Å²) in [5.74, 6) is 0.820. The van der Waals surface area contributed by atoms with E-state index in [1.54, 1.807) is 24.3 Å². The molecule has 0 aliphatic carbocycles. The highest BCUT2D eigenvalue weighted by molar-refractivity contribution is 5.97. The van der Waals surface area contributed by atoms with Crippen LogP contribution in [0.1, 0.15) is 17.0 Å². The molecule has 0 saturated heterocycles. The summed E-state index contributed by atoms with van der Waals surface area (Å²) in [5, 5.41) is 15.9.